The molecule has 0 unspecified atom stereocenters. The van der Waals surface area contributed by atoms with Crippen molar-refractivity contribution in [2.45, 2.75) is 32.8 Å². The van der Waals surface area contributed by atoms with Gasteiger partial charge in [-0.3, -0.25) is 4.79 Å². The van der Waals surface area contributed by atoms with Crippen LogP contribution in [0.2, 0.25) is 0 Å². The number of carbonyl (C=O) groups is 1. The Labute approximate surface area is 94.1 Å². The highest BCUT2D eigenvalue weighted by Gasteiger charge is 2.22. The Hall–Kier alpha value is -0.870. The highest BCUT2D eigenvalue weighted by molar-refractivity contribution is 7.10. The maximum atomic E-state index is 11.3. The van der Waals surface area contributed by atoms with Crippen LogP contribution in [0.1, 0.15) is 24.3 Å². The molecule has 0 atom stereocenters. The van der Waals surface area contributed by atoms with E-state index in [-0.39, 0.29) is 5.91 Å². The van der Waals surface area contributed by atoms with Crippen LogP contribution in [0.15, 0.2) is 11.4 Å². The Bertz CT molecular complexity index is 339. The van der Waals surface area contributed by atoms with Gasteiger partial charge in [-0.2, -0.15) is 0 Å². The monoisotopic (exact) mass is 227 g/mol. The zero-order valence-electron chi connectivity index (χ0n) is 9.33. The molecule has 0 spiro atoms. The van der Waals surface area contributed by atoms with Crippen molar-refractivity contribution in [2.24, 2.45) is 0 Å². The summed E-state index contributed by atoms with van der Waals surface area (Å²) in [5, 5.41) is 14.1. The molecule has 0 aromatic carbocycles. The van der Waals surface area contributed by atoms with Gasteiger partial charge in [0.1, 0.15) is 5.60 Å². The van der Waals surface area contributed by atoms with E-state index in [1.807, 2.05) is 5.38 Å². The number of rotatable bonds is 4. The Morgan fingerprint density at radius 2 is 2.27 bits per heavy atom. The van der Waals surface area contributed by atoms with Crippen LogP contribution < -0.4 is 5.32 Å². The first-order valence-corrected chi connectivity index (χ1v) is 5.83. The summed E-state index contributed by atoms with van der Waals surface area (Å²) in [5.41, 5.74) is -0.0256. The van der Waals surface area contributed by atoms with E-state index in [9.17, 15) is 9.90 Å². The van der Waals surface area contributed by atoms with E-state index in [2.05, 4.69) is 18.3 Å². The van der Waals surface area contributed by atoms with Crippen LogP contribution in [0.4, 0.5) is 0 Å². The second-order valence-electron chi connectivity index (χ2n) is 4.09. The first-order valence-electron chi connectivity index (χ1n) is 4.95. The molecule has 0 saturated heterocycles. The molecule has 0 bridgehead atoms. The fourth-order valence-corrected chi connectivity index (χ4v) is 2.08. The molecule has 0 radical (unpaired) electrons. The maximum absolute atomic E-state index is 11.3. The molecule has 1 aromatic heterocycles. The second kappa shape index (κ2) is 4.77. The van der Waals surface area contributed by atoms with Crippen LogP contribution in [-0.2, 0) is 11.2 Å². The van der Waals surface area contributed by atoms with Gasteiger partial charge in [-0.05, 0) is 44.2 Å². The Balaban J connectivity index is 2.35. The van der Waals surface area contributed by atoms with E-state index < -0.39 is 5.60 Å². The summed E-state index contributed by atoms with van der Waals surface area (Å²) in [5.74, 6) is -0.322. The lowest BCUT2D eigenvalue weighted by atomic mass is 10.1. The van der Waals surface area contributed by atoms with E-state index in [0.29, 0.717) is 6.54 Å². The molecule has 15 heavy (non-hydrogen) atoms. The molecule has 0 saturated carbocycles. The first kappa shape index (κ1) is 12.2. The predicted octanol–water partition coefficient (Wildman–Crippen LogP) is 1.49. The Morgan fingerprint density at radius 3 is 2.73 bits per heavy atom. The molecule has 84 valence electrons. The fraction of sp³-hybridized carbons (Fsp3) is 0.545. The Morgan fingerprint density at radius 1 is 1.60 bits per heavy atom. The molecular weight excluding hydrogens is 210 g/mol. The van der Waals surface area contributed by atoms with Gasteiger partial charge in [0.2, 0.25) is 0 Å². The molecule has 3 nitrogen and oxygen atoms in total. The van der Waals surface area contributed by atoms with Gasteiger partial charge >= 0.3 is 0 Å². The van der Waals surface area contributed by atoms with Crippen molar-refractivity contribution in [3.05, 3.63) is 21.9 Å². The van der Waals surface area contributed by atoms with E-state index >= 15 is 0 Å². The second-order valence-corrected chi connectivity index (χ2v) is 5.09. The SMILES string of the molecule is Cc1ccsc1CCNC(=O)C(C)(C)O. The summed E-state index contributed by atoms with van der Waals surface area (Å²) < 4.78 is 0. The third-order valence-corrected chi connectivity index (χ3v) is 3.24. The molecule has 4 heteroatoms. The van der Waals surface area contributed by atoms with Crippen molar-refractivity contribution in [3.63, 3.8) is 0 Å². The van der Waals surface area contributed by atoms with Gasteiger partial charge in [-0.1, -0.05) is 0 Å². The van der Waals surface area contributed by atoms with Crippen molar-refractivity contribution >= 4 is 17.2 Å². The standard InChI is InChI=1S/C11H17NO2S/c1-8-5-7-15-9(8)4-6-12-10(13)11(2,3)14/h5,7,14H,4,6H2,1-3H3,(H,12,13). The molecule has 0 aliphatic heterocycles. The largest absolute Gasteiger partial charge is 0.381 e. The molecule has 1 heterocycles. The zero-order valence-corrected chi connectivity index (χ0v) is 10.1. The molecule has 0 aliphatic carbocycles. The third kappa shape index (κ3) is 3.64. The minimum atomic E-state index is -1.29. The summed E-state index contributed by atoms with van der Waals surface area (Å²) in [6.45, 7) is 5.60. The van der Waals surface area contributed by atoms with Crippen molar-refractivity contribution in [2.75, 3.05) is 6.54 Å². The van der Waals surface area contributed by atoms with Crippen LogP contribution in [-0.4, -0.2) is 23.2 Å². The van der Waals surface area contributed by atoms with Gasteiger partial charge in [0.25, 0.3) is 5.91 Å². The number of hydrogen-bond donors (Lipinski definition) is 2. The number of nitrogens with one attached hydrogen (secondary N) is 1. The highest BCUT2D eigenvalue weighted by atomic mass is 32.1. The molecule has 1 amide bonds. The summed E-state index contributed by atoms with van der Waals surface area (Å²) in [6.07, 6.45) is 0.825. The van der Waals surface area contributed by atoms with Gasteiger partial charge in [-0.25, -0.2) is 0 Å². The van der Waals surface area contributed by atoms with Crippen LogP contribution >= 0.6 is 11.3 Å². The van der Waals surface area contributed by atoms with Gasteiger partial charge in [0.05, 0.1) is 0 Å². The van der Waals surface area contributed by atoms with E-state index in [1.165, 1.54) is 24.3 Å². The quantitative estimate of drug-likeness (QED) is 0.818. The lowest BCUT2D eigenvalue weighted by Crippen LogP contribution is -2.42. The van der Waals surface area contributed by atoms with Crippen LogP contribution in [0.25, 0.3) is 0 Å². The first-order chi connectivity index (χ1) is 6.91. The molecule has 1 aromatic rings. The summed E-state index contributed by atoms with van der Waals surface area (Å²) >= 11 is 1.69. The predicted molar refractivity (Wildman–Crippen MR) is 62.1 cm³/mol. The van der Waals surface area contributed by atoms with Gasteiger partial charge < -0.3 is 10.4 Å². The topological polar surface area (TPSA) is 49.3 Å². The van der Waals surface area contributed by atoms with Crippen molar-refractivity contribution in [3.8, 4) is 0 Å². The van der Waals surface area contributed by atoms with E-state index in [1.54, 1.807) is 11.3 Å². The number of hydrogen-bond acceptors (Lipinski definition) is 3. The summed E-state index contributed by atoms with van der Waals surface area (Å²) in [7, 11) is 0. The molecule has 2 N–H and O–H groups in total. The number of aliphatic hydroxyl groups is 1. The molecule has 1 rings (SSSR count). The van der Waals surface area contributed by atoms with Crippen LogP contribution in [0.3, 0.4) is 0 Å². The van der Waals surface area contributed by atoms with Crippen LogP contribution in [0.5, 0.6) is 0 Å². The van der Waals surface area contributed by atoms with Crippen molar-refractivity contribution < 1.29 is 9.90 Å². The number of aryl methyl sites for hydroxylation is 1. The molecule has 0 fully saturated rings. The Kier molecular flexibility index (Phi) is 3.88. The van der Waals surface area contributed by atoms with Crippen molar-refractivity contribution in [1.29, 1.82) is 0 Å². The van der Waals surface area contributed by atoms with Gasteiger partial charge in [0, 0.05) is 11.4 Å². The normalized spacial score (nSPS) is 11.5. The van der Waals surface area contributed by atoms with E-state index in [0.717, 1.165) is 6.42 Å². The molecular formula is C11H17NO2S. The van der Waals surface area contributed by atoms with Crippen molar-refractivity contribution in [1.82, 2.24) is 5.32 Å². The minimum Gasteiger partial charge on any atom is -0.381 e. The maximum Gasteiger partial charge on any atom is 0.251 e. The van der Waals surface area contributed by atoms with Crippen LogP contribution in [0, 0.1) is 6.92 Å². The lowest BCUT2D eigenvalue weighted by molar-refractivity contribution is -0.136. The minimum absolute atomic E-state index is 0.322. The number of carbonyl (C=O) groups excluding carboxylic acids is 1. The fourth-order valence-electron chi connectivity index (χ4n) is 1.17. The lowest BCUT2D eigenvalue weighted by Gasteiger charge is -2.16. The van der Waals surface area contributed by atoms with Gasteiger partial charge in [0.15, 0.2) is 0 Å². The van der Waals surface area contributed by atoms with Gasteiger partial charge in [-0.15, -0.1) is 11.3 Å². The molecule has 0 aliphatic rings. The highest BCUT2D eigenvalue weighted by Crippen LogP contribution is 2.15. The zero-order chi connectivity index (χ0) is 11.5. The average molecular weight is 227 g/mol. The summed E-state index contributed by atoms with van der Waals surface area (Å²) in [6, 6.07) is 2.07. The van der Waals surface area contributed by atoms with E-state index in [4.69, 9.17) is 0 Å². The third-order valence-electron chi connectivity index (χ3n) is 2.16. The average Bonchev–Trinajstić information content (AvgIpc) is 2.50. The smallest absolute Gasteiger partial charge is 0.251 e. The number of thiophene rings is 1. The summed E-state index contributed by atoms with van der Waals surface area (Å²) in [4.78, 5) is 12.6. The number of amides is 1.